The molecule has 6 nitrogen and oxygen atoms in total. The smallest absolute Gasteiger partial charge is 0.259 e. The van der Waals surface area contributed by atoms with Gasteiger partial charge in [0.1, 0.15) is 0 Å². The molecule has 21 heavy (non-hydrogen) atoms. The normalized spacial score (nSPS) is 17.6. The molecule has 0 aliphatic carbocycles. The molecule has 1 fully saturated rings. The monoisotopic (exact) mass is 348 g/mol. The third-order valence-electron chi connectivity index (χ3n) is 3.60. The van der Waals surface area contributed by atoms with Crippen LogP contribution in [-0.4, -0.2) is 48.9 Å². The largest absolute Gasteiger partial charge is 0.302 e. The van der Waals surface area contributed by atoms with Crippen LogP contribution in [0.5, 0.6) is 0 Å². The lowest BCUT2D eigenvalue weighted by atomic mass is 10.1. The number of nitrogens with zero attached hydrogens (tertiary/aromatic N) is 3. The fourth-order valence-corrected chi connectivity index (χ4v) is 5.04. The van der Waals surface area contributed by atoms with Gasteiger partial charge >= 0.3 is 0 Å². The van der Waals surface area contributed by atoms with Crippen LogP contribution >= 0.6 is 22.9 Å². The Morgan fingerprint density at radius 3 is 2.86 bits per heavy atom. The van der Waals surface area contributed by atoms with Crippen LogP contribution in [0.1, 0.15) is 19.3 Å². The first-order valence-electron chi connectivity index (χ1n) is 6.91. The van der Waals surface area contributed by atoms with E-state index in [-0.39, 0.29) is 10.2 Å². The van der Waals surface area contributed by atoms with Gasteiger partial charge in [0, 0.05) is 24.7 Å². The molecule has 9 heteroatoms. The van der Waals surface area contributed by atoms with E-state index < -0.39 is 10.0 Å². The minimum Gasteiger partial charge on any atom is -0.302 e. The molecule has 2 aromatic heterocycles. The summed E-state index contributed by atoms with van der Waals surface area (Å²) in [6.45, 7) is 3.20. The molecule has 0 radical (unpaired) electrons. The summed E-state index contributed by atoms with van der Waals surface area (Å²) in [5.74, 6) is 0. The van der Waals surface area contributed by atoms with Crippen LogP contribution in [0, 0.1) is 0 Å². The number of rotatable bonds is 5. The van der Waals surface area contributed by atoms with Gasteiger partial charge in [-0.25, -0.2) is 18.1 Å². The van der Waals surface area contributed by atoms with Gasteiger partial charge in [-0.2, -0.15) is 0 Å². The Hall–Kier alpha value is -0.670. The van der Waals surface area contributed by atoms with Gasteiger partial charge in [0.15, 0.2) is 15.1 Å². The molecule has 2 aromatic rings. The van der Waals surface area contributed by atoms with Crippen molar-refractivity contribution in [3.63, 3.8) is 0 Å². The first kappa shape index (κ1) is 15.2. The third-order valence-corrected chi connectivity index (χ3v) is 6.22. The van der Waals surface area contributed by atoms with E-state index in [0.717, 1.165) is 19.6 Å². The molecule has 1 N–H and O–H groups in total. The Morgan fingerprint density at radius 2 is 2.10 bits per heavy atom. The molecule has 0 amide bonds. The molecule has 3 heterocycles. The second-order valence-corrected chi connectivity index (χ2v) is 7.98. The van der Waals surface area contributed by atoms with Crippen molar-refractivity contribution in [3.05, 3.63) is 16.7 Å². The molecule has 0 unspecified atom stereocenters. The van der Waals surface area contributed by atoms with Crippen LogP contribution < -0.4 is 4.72 Å². The first-order chi connectivity index (χ1) is 10.1. The Labute approximate surface area is 132 Å². The molecular weight excluding hydrogens is 332 g/mol. The van der Waals surface area contributed by atoms with Crippen LogP contribution in [0.2, 0.25) is 5.15 Å². The highest BCUT2D eigenvalue weighted by molar-refractivity contribution is 7.89. The molecule has 0 spiro atoms. The summed E-state index contributed by atoms with van der Waals surface area (Å²) >= 11 is 7.32. The number of piperidine rings is 1. The fourth-order valence-electron chi connectivity index (χ4n) is 2.57. The van der Waals surface area contributed by atoms with E-state index in [9.17, 15) is 8.42 Å². The Morgan fingerprint density at radius 1 is 1.33 bits per heavy atom. The van der Waals surface area contributed by atoms with Gasteiger partial charge in [-0.15, -0.1) is 11.3 Å². The number of fused-ring (bicyclic) bond motifs is 1. The highest BCUT2D eigenvalue weighted by atomic mass is 35.5. The summed E-state index contributed by atoms with van der Waals surface area (Å²) < 4.78 is 28.9. The average Bonchev–Trinajstić information content (AvgIpc) is 2.99. The summed E-state index contributed by atoms with van der Waals surface area (Å²) in [7, 11) is -3.65. The summed E-state index contributed by atoms with van der Waals surface area (Å²) in [6.07, 6.45) is 5.31. The predicted molar refractivity (Wildman–Crippen MR) is 83.6 cm³/mol. The molecule has 1 aliphatic rings. The zero-order valence-corrected chi connectivity index (χ0v) is 13.8. The van der Waals surface area contributed by atoms with Gasteiger partial charge in [-0.1, -0.05) is 18.0 Å². The number of imidazole rings is 1. The first-order valence-corrected chi connectivity index (χ1v) is 9.65. The minimum absolute atomic E-state index is 0.0207. The molecule has 1 aliphatic heterocycles. The topological polar surface area (TPSA) is 66.7 Å². The van der Waals surface area contributed by atoms with Gasteiger partial charge in [-0.05, 0) is 25.9 Å². The highest BCUT2D eigenvalue weighted by Gasteiger charge is 2.24. The van der Waals surface area contributed by atoms with Crippen molar-refractivity contribution in [3.8, 4) is 0 Å². The molecule has 0 aromatic carbocycles. The van der Waals surface area contributed by atoms with Crippen molar-refractivity contribution >= 4 is 37.9 Å². The van der Waals surface area contributed by atoms with Crippen molar-refractivity contribution in [2.45, 2.75) is 24.3 Å². The second kappa shape index (κ2) is 6.21. The fraction of sp³-hybridized carbons (Fsp3) is 0.583. The average molecular weight is 349 g/mol. The number of sulfonamides is 1. The number of halogens is 1. The van der Waals surface area contributed by atoms with E-state index in [1.807, 2.05) is 0 Å². The summed E-state index contributed by atoms with van der Waals surface area (Å²) in [6, 6.07) is 0. The van der Waals surface area contributed by atoms with E-state index in [0.29, 0.717) is 11.5 Å². The van der Waals surface area contributed by atoms with Crippen molar-refractivity contribution < 1.29 is 8.42 Å². The van der Waals surface area contributed by atoms with Crippen molar-refractivity contribution in [1.29, 1.82) is 0 Å². The second-order valence-electron chi connectivity index (χ2n) is 5.06. The van der Waals surface area contributed by atoms with Gasteiger partial charge in [0.2, 0.25) is 0 Å². The quantitative estimate of drug-likeness (QED) is 0.895. The Balaban J connectivity index is 1.68. The maximum Gasteiger partial charge on any atom is 0.259 e. The van der Waals surface area contributed by atoms with Crippen molar-refractivity contribution in [1.82, 2.24) is 19.0 Å². The molecule has 116 valence electrons. The predicted octanol–water partition coefficient (Wildman–Crippen LogP) is 1.81. The molecule has 3 rings (SSSR count). The van der Waals surface area contributed by atoms with Gasteiger partial charge in [0.05, 0.1) is 0 Å². The molecule has 0 saturated carbocycles. The van der Waals surface area contributed by atoms with Crippen LogP contribution in [-0.2, 0) is 10.0 Å². The standard InChI is InChI=1S/C12H17ClN4O2S2/c13-10-11(17-8-9-20-12(17)15-10)21(18,19)14-4-7-16-5-2-1-3-6-16/h8-9,14H,1-7H2. The zero-order valence-electron chi connectivity index (χ0n) is 11.5. The van der Waals surface area contributed by atoms with Crippen molar-refractivity contribution in [2.75, 3.05) is 26.2 Å². The number of nitrogens with one attached hydrogen (secondary N) is 1. The maximum atomic E-state index is 12.4. The van der Waals surface area contributed by atoms with Gasteiger partial charge in [-0.3, -0.25) is 4.40 Å². The number of aromatic nitrogens is 2. The van der Waals surface area contributed by atoms with Crippen molar-refractivity contribution in [2.24, 2.45) is 0 Å². The Kier molecular flexibility index (Phi) is 4.51. The van der Waals surface area contributed by atoms with Gasteiger partial charge in [0.25, 0.3) is 10.0 Å². The number of likely N-dealkylation sites (tertiary alicyclic amines) is 1. The van der Waals surface area contributed by atoms with Crippen LogP contribution in [0.15, 0.2) is 16.6 Å². The van der Waals surface area contributed by atoms with E-state index in [2.05, 4.69) is 14.6 Å². The molecule has 0 atom stereocenters. The lowest BCUT2D eigenvalue weighted by Gasteiger charge is -2.26. The number of hydrogen-bond acceptors (Lipinski definition) is 5. The lowest BCUT2D eigenvalue weighted by Crippen LogP contribution is -2.37. The SMILES string of the molecule is O=S(=O)(NCCN1CCCCC1)c1c(Cl)nc2sccn12. The highest BCUT2D eigenvalue weighted by Crippen LogP contribution is 2.25. The number of hydrogen-bond donors (Lipinski definition) is 1. The zero-order chi connectivity index (χ0) is 14.9. The Bertz CT molecular complexity index is 719. The number of thiazole rings is 1. The maximum absolute atomic E-state index is 12.4. The summed E-state index contributed by atoms with van der Waals surface area (Å²) in [5, 5.41) is 1.83. The summed E-state index contributed by atoms with van der Waals surface area (Å²) in [4.78, 5) is 6.92. The minimum atomic E-state index is -3.65. The van der Waals surface area contributed by atoms with Crippen LogP contribution in [0.25, 0.3) is 4.96 Å². The summed E-state index contributed by atoms with van der Waals surface area (Å²) in [5.41, 5.74) is 0. The van der Waals surface area contributed by atoms with E-state index >= 15 is 0 Å². The lowest BCUT2D eigenvalue weighted by molar-refractivity contribution is 0.232. The van der Waals surface area contributed by atoms with Crippen LogP contribution in [0.4, 0.5) is 0 Å². The van der Waals surface area contributed by atoms with Gasteiger partial charge < -0.3 is 4.90 Å². The van der Waals surface area contributed by atoms with E-state index in [1.54, 1.807) is 11.6 Å². The molecular formula is C12H17ClN4O2S2. The van der Waals surface area contributed by atoms with E-state index in [1.165, 1.54) is 35.0 Å². The van der Waals surface area contributed by atoms with E-state index in [4.69, 9.17) is 11.6 Å². The molecule has 0 bridgehead atoms. The molecule has 1 saturated heterocycles. The van der Waals surface area contributed by atoms with Crippen LogP contribution in [0.3, 0.4) is 0 Å². The third kappa shape index (κ3) is 3.24.